The Kier molecular flexibility index (Phi) is 8.30. The standard InChI is InChI=1S/C29H29N7O4/c1-29(2,3)40-26(37)20-14-23(35-27(38)33-21-8-4-18(17-30)5-9-21)16-24(15-20)36-28(39)34-22-10-6-19(7-11-22)25-31-12-13-32-25/h4-11,14-16H,12-13H2,1-3H3,(H,31,32)(H2,33,35,38)(H2,34,36,39). The molecular formula is C29H29N7O4. The maximum Gasteiger partial charge on any atom is 0.338 e. The van der Waals surface area contributed by atoms with Gasteiger partial charge in [-0.2, -0.15) is 5.26 Å². The number of rotatable bonds is 6. The minimum absolute atomic E-state index is 0.135. The van der Waals surface area contributed by atoms with E-state index in [9.17, 15) is 14.4 Å². The predicted molar refractivity (Wildman–Crippen MR) is 154 cm³/mol. The number of urea groups is 2. The molecule has 4 amide bonds. The van der Waals surface area contributed by atoms with E-state index in [1.165, 1.54) is 18.2 Å². The first-order valence-electron chi connectivity index (χ1n) is 12.5. The van der Waals surface area contributed by atoms with E-state index in [-0.39, 0.29) is 16.9 Å². The molecule has 0 fully saturated rings. The van der Waals surface area contributed by atoms with Gasteiger partial charge in [0.1, 0.15) is 11.4 Å². The summed E-state index contributed by atoms with van der Waals surface area (Å²) in [6.07, 6.45) is 0. The van der Waals surface area contributed by atoms with Crippen LogP contribution < -0.4 is 26.6 Å². The van der Waals surface area contributed by atoms with Crippen molar-refractivity contribution in [2.75, 3.05) is 34.4 Å². The normalized spacial score (nSPS) is 12.3. The zero-order valence-electron chi connectivity index (χ0n) is 22.3. The zero-order chi connectivity index (χ0) is 28.7. The number of ether oxygens (including phenoxy) is 1. The number of carbonyl (C=O) groups excluding carboxylic acids is 3. The monoisotopic (exact) mass is 539 g/mol. The summed E-state index contributed by atoms with van der Waals surface area (Å²) in [4.78, 5) is 42.6. The Hall–Kier alpha value is -5.37. The van der Waals surface area contributed by atoms with E-state index in [0.29, 0.717) is 16.9 Å². The van der Waals surface area contributed by atoms with Gasteiger partial charge in [0.05, 0.1) is 23.7 Å². The highest BCUT2D eigenvalue weighted by Crippen LogP contribution is 2.23. The number of hydrogen-bond donors (Lipinski definition) is 5. The van der Waals surface area contributed by atoms with Crippen molar-refractivity contribution in [3.63, 3.8) is 0 Å². The van der Waals surface area contributed by atoms with E-state index in [4.69, 9.17) is 10.00 Å². The van der Waals surface area contributed by atoms with Crippen LogP contribution in [0, 0.1) is 11.3 Å². The Morgan fingerprint density at radius 3 is 1.82 bits per heavy atom. The number of anilines is 4. The summed E-state index contributed by atoms with van der Waals surface area (Å²) in [7, 11) is 0. The number of benzene rings is 3. The minimum Gasteiger partial charge on any atom is -0.456 e. The van der Waals surface area contributed by atoms with Crippen LogP contribution in [0.25, 0.3) is 0 Å². The summed E-state index contributed by atoms with van der Waals surface area (Å²) < 4.78 is 5.47. The first kappa shape index (κ1) is 27.7. The maximum absolute atomic E-state index is 12.8. The number of carbonyl (C=O) groups is 3. The Morgan fingerprint density at radius 1 is 0.825 bits per heavy atom. The SMILES string of the molecule is CC(C)(C)OC(=O)c1cc(NC(=O)Nc2ccc(C#N)cc2)cc(NC(=O)Nc2ccc(C3=NCCN3)cc2)c1. The first-order chi connectivity index (χ1) is 19.1. The lowest BCUT2D eigenvalue weighted by Crippen LogP contribution is -2.25. The fourth-order valence-electron chi connectivity index (χ4n) is 3.74. The number of amides is 4. The van der Waals surface area contributed by atoms with Crippen LogP contribution in [0.5, 0.6) is 0 Å². The van der Waals surface area contributed by atoms with Gasteiger partial charge >= 0.3 is 18.0 Å². The molecule has 0 aromatic heterocycles. The van der Waals surface area contributed by atoms with Crippen molar-refractivity contribution >= 4 is 46.6 Å². The fraction of sp³-hybridized carbons (Fsp3) is 0.207. The molecule has 0 atom stereocenters. The average molecular weight is 540 g/mol. The van der Waals surface area contributed by atoms with Gasteiger partial charge in [0.25, 0.3) is 0 Å². The second-order valence-corrected chi connectivity index (χ2v) is 9.88. The molecule has 11 nitrogen and oxygen atoms in total. The number of nitrogens with one attached hydrogen (secondary N) is 5. The minimum atomic E-state index is -0.746. The molecule has 3 aromatic rings. The molecule has 1 aliphatic heterocycles. The van der Waals surface area contributed by atoms with Gasteiger partial charge in [0.15, 0.2) is 0 Å². The fourth-order valence-corrected chi connectivity index (χ4v) is 3.74. The van der Waals surface area contributed by atoms with E-state index in [0.717, 1.165) is 24.5 Å². The maximum atomic E-state index is 12.8. The summed E-state index contributed by atoms with van der Waals surface area (Å²) in [5, 5.41) is 22.9. The molecule has 0 bridgehead atoms. The second-order valence-electron chi connectivity index (χ2n) is 9.88. The van der Waals surface area contributed by atoms with Crippen LogP contribution in [-0.4, -0.2) is 42.6 Å². The van der Waals surface area contributed by atoms with Gasteiger partial charge < -0.3 is 31.3 Å². The molecule has 0 radical (unpaired) electrons. The lowest BCUT2D eigenvalue weighted by Gasteiger charge is -2.20. The van der Waals surface area contributed by atoms with Crippen LogP contribution >= 0.6 is 0 Å². The quantitative estimate of drug-likeness (QED) is 0.273. The molecule has 0 saturated heterocycles. The van der Waals surface area contributed by atoms with Gasteiger partial charge in [-0.15, -0.1) is 0 Å². The molecule has 0 unspecified atom stereocenters. The van der Waals surface area contributed by atoms with Gasteiger partial charge in [-0.3, -0.25) is 4.99 Å². The van der Waals surface area contributed by atoms with Crippen LogP contribution in [-0.2, 0) is 4.74 Å². The largest absolute Gasteiger partial charge is 0.456 e. The molecule has 3 aromatic carbocycles. The number of aliphatic imine (C=N–C) groups is 1. The number of amidine groups is 1. The molecule has 0 aliphatic carbocycles. The van der Waals surface area contributed by atoms with E-state index < -0.39 is 23.6 Å². The summed E-state index contributed by atoms with van der Waals surface area (Å²) in [6, 6.07) is 18.9. The van der Waals surface area contributed by atoms with Crippen molar-refractivity contribution in [3.8, 4) is 6.07 Å². The highest BCUT2D eigenvalue weighted by molar-refractivity contribution is 6.04. The summed E-state index contributed by atoms with van der Waals surface area (Å²) in [5.41, 5.74) is 2.31. The van der Waals surface area contributed by atoms with Gasteiger partial charge in [-0.25, -0.2) is 14.4 Å². The van der Waals surface area contributed by atoms with Gasteiger partial charge in [-0.05, 0) is 87.5 Å². The van der Waals surface area contributed by atoms with Gasteiger partial charge in [-0.1, -0.05) is 0 Å². The molecule has 4 rings (SSSR count). The van der Waals surface area contributed by atoms with E-state index in [1.807, 2.05) is 18.2 Å². The zero-order valence-corrected chi connectivity index (χ0v) is 22.3. The molecule has 1 aliphatic rings. The van der Waals surface area contributed by atoms with Crippen molar-refractivity contribution < 1.29 is 19.1 Å². The van der Waals surface area contributed by atoms with Crippen molar-refractivity contribution in [2.24, 2.45) is 4.99 Å². The molecule has 204 valence electrons. The molecule has 11 heteroatoms. The van der Waals surface area contributed by atoms with E-state index in [1.54, 1.807) is 57.2 Å². The third kappa shape index (κ3) is 7.82. The van der Waals surface area contributed by atoms with Crippen molar-refractivity contribution in [1.29, 1.82) is 5.26 Å². The summed E-state index contributed by atoms with van der Waals surface area (Å²) in [6.45, 7) is 6.75. The van der Waals surface area contributed by atoms with Gasteiger partial charge in [0, 0.05) is 34.9 Å². The van der Waals surface area contributed by atoms with Gasteiger partial charge in [0.2, 0.25) is 0 Å². The third-order valence-corrected chi connectivity index (χ3v) is 5.45. The Morgan fingerprint density at radius 2 is 1.35 bits per heavy atom. The first-order valence-corrected chi connectivity index (χ1v) is 12.5. The topological polar surface area (TPSA) is 157 Å². The van der Waals surface area contributed by atoms with Crippen LogP contribution in [0.2, 0.25) is 0 Å². The van der Waals surface area contributed by atoms with Crippen LogP contribution in [0.1, 0.15) is 42.3 Å². The molecule has 1 heterocycles. The van der Waals surface area contributed by atoms with Crippen molar-refractivity contribution in [3.05, 3.63) is 83.4 Å². The molecule has 0 saturated carbocycles. The lowest BCUT2D eigenvalue weighted by atomic mass is 10.1. The number of nitriles is 1. The molecule has 40 heavy (non-hydrogen) atoms. The third-order valence-electron chi connectivity index (χ3n) is 5.45. The lowest BCUT2D eigenvalue weighted by molar-refractivity contribution is 0.00695. The highest BCUT2D eigenvalue weighted by Gasteiger charge is 2.20. The smallest absolute Gasteiger partial charge is 0.338 e. The van der Waals surface area contributed by atoms with Crippen LogP contribution in [0.15, 0.2) is 71.7 Å². The predicted octanol–water partition coefficient (Wildman–Crippen LogP) is 5.15. The Balaban J connectivity index is 1.48. The molecule has 0 spiro atoms. The second kappa shape index (κ2) is 12.0. The number of esters is 1. The molecular weight excluding hydrogens is 510 g/mol. The van der Waals surface area contributed by atoms with E-state index in [2.05, 4.69) is 31.6 Å². The van der Waals surface area contributed by atoms with Crippen molar-refractivity contribution in [1.82, 2.24) is 5.32 Å². The number of hydrogen-bond acceptors (Lipinski definition) is 7. The Bertz CT molecular complexity index is 1480. The summed E-state index contributed by atoms with van der Waals surface area (Å²) in [5.74, 6) is 0.198. The summed E-state index contributed by atoms with van der Waals surface area (Å²) >= 11 is 0. The molecule has 5 N–H and O–H groups in total. The van der Waals surface area contributed by atoms with Crippen molar-refractivity contribution in [2.45, 2.75) is 26.4 Å². The van der Waals surface area contributed by atoms with E-state index >= 15 is 0 Å². The van der Waals surface area contributed by atoms with Crippen LogP contribution in [0.4, 0.5) is 32.3 Å². The average Bonchev–Trinajstić information content (AvgIpc) is 3.43. The number of nitrogens with zero attached hydrogens (tertiary/aromatic N) is 2. The Labute approximate surface area is 231 Å². The van der Waals surface area contributed by atoms with Crippen LogP contribution in [0.3, 0.4) is 0 Å². The highest BCUT2D eigenvalue weighted by atomic mass is 16.6.